The monoisotopic (exact) mass is 281 g/mol. The summed E-state index contributed by atoms with van der Waals surface area (Å²) in [6.07, 6.45) is 3.67. The van der Waals surface area contributed by atoms with E-state index in [1.54, 1.807) is 12.1 Å². The fourth-order valence-electron chi connectivity index (χ4n) is 2.09. The predicted molar refractivity (Wildman–Crippen MR) is 77.5 cm³/mol. The summed E-state index contributed by atoms with van der Waals surface area (Å²) >= 11 is 0. The van der Waals surface area contributed by atoms with Gasteiger partial charge in [0, 0.05) is 19.3 Å². The number of methoxy groups -OCH3 is 1. The van der Waals surface area contributed by atoms with Crippen LogP contribution in [0, 0.1) is 11.7 Å². The maximum Gasteiger partial charge on any atom is 0.165 e. The Morgan fingerprint density at radius 2 is 2.20 bits per heavy atom. The number of benzene rings is 1. The zero-order valence-electron chi connectivity index (χ0n) is 12.3. The van der Waals surface area contributed by atoms with E-state index in [1.165, 1.54) is 26.0 Å². The molecule has 1 aromatic rings. The van der Waals surface area contributed by atoms with Gasteiger partial charge in [0.2, 0.25) is 0 Å². The molecule has 0 spiro atoms. The molecule has 3 nitrogen and oxygen atoms in total. The van der Waals surface area contributed by atoms with Crippen molar-refractivity contribution in [1.29, 1.82) is 0 Å². The maximum atomic E-state index is 13.3. The van der Waals surface area contributed by atoms with E-state index >= 15 is 0 Å². The Kier molecular flexibility index (Phi) is 5.80. The third-order valence-electron chi connectivity index (χ3n) is 3.64. The largest absolute Gasteiger partial charge is 0.494 e. The Morgan fingerprint density at radius 3 is 2.90 bits per heavy atom. The maximum absolute atomic E-state index is 13.3. The van der Waals surface area contributed by atoms with Crippen LogP contribution >= 0.6 is 0 Å². The molecule has 1 fully saturated rings. The van der Waals surface area contributed by atoms with E-state index in [1.807, 2.05) is 0 Å². The molecule has 0 radical (unpaired) electrons. The highest BCUT2D eigenvalue weighted by molar-refractivity contribution is 5.31. The highest BCUT2D eigenvalue weighted by Crippen LogP contribution is 2.28. The zero-order valence-corrected chi connectivity index (χ0v) is 12.3. The molecule has 1 aliphatic rings. The summed E-state index contributed by atoms with van der Waals surface area (Å²) in [5.41, 5.74) is 1.03. The van der Waals surface area contributed by atoms with Crippen LogP contribution in [0.3, 0.4) is 0 Å². The fourth-order valence-corrected chi connectivity index (χ4v) is 2.09. The van der Waals surface area contributed by atoms with Gasteiger partial charge in [-0.15, -0.1) is 0 Å². The van der Waals surface area contributed by atoms with Crippen LogP contribution in [0.15, 0.2) is 18.2 Å². The Balaban J connectivity index is 1.66. The van der Waals surface area contributed by atoms with Gasteiger partial charge in [0.05, 0.1) is 7.11 Å². The van der Waals surface area contributed by atoms with Gasteiger partial charge >= 0.3 is 0 Å². The van der Waals surface area contributed by atoms with E-state index in [4.69, 9.17) is 9.47 Å². The third kappa shape index (κ3) is 4.76. The molecule has 0 aliphatic heterocycles. The minimum Gasteiger partial charge on any atom is -0.494 e. The summed E-state index contributed by atoms with van der Waals surface area (Å²) in [4.78, 5) is 0. The van der Waals surface area contributed by atoms with E-state index in [-0.39, 0.29) is 11.9 Å². The van der Waals surface area contributed by atoms with Crippen molar-refractivity contribution in [3.8, 4) is 5.75 Å². The van der Waals surface area contributed by atoms with Crippen LogP contribution in [0.25, 0.3) is 0 Å². The second kappa shape index (κ2) is 7.60. The molecule has 0 saturated heterocycles. The molecule has 1 atom stereocenters. The van der Waals surface area contributed by atoms with Crippen molar-refractivity contribution in [2.24, 2.45) is 5.92 Å². The molecule has 2 rings (SSSR count). The molecule has 1 unspecified atom stereocenters. The van der Waals surface area contributed by atoms with E-state index in [0.717, 1.165) is 37.7 Å². The Bertz CT molecular complexity index is 421. The summed E-state index contributed by atoms with van der Waals surface area (Å²) in [6.45, 7) is 4.69. The summed E-state index contributed by atoms with van der Waals surface area (Å²) in [6, 6.07) is 5.16. The topological polar surface area (TPSA) is 30.5 Å². The standard InChI is InChI=1S/C16H24FNO2/c1-12(14-6-7-15(17)16(10-14)19-2)18-8-3-9-20-11-13-4-5-13/h6-7,10,12-13,18H,3-5,8-9,11H2,1-2H3. The van der Waals surface area contributed by atoms with E-state index in [0.29, 0.717) is 5.75 Å². The van der Waals surface area contributed by atoms with Crippen LogP contribution in [-0.4, -0.2) is 26.9 Å². The van der Waals surface area contributed by atoms with Gasteiger partial charge in [-0.2, -0.15) is 0 Å². The smallest absolute Gasteiger partial charge is 0.165 e. The lowest BCUT2D eigenvalue weighted by atomic mass is 10.1. The zero-order chi connectivity index (χ0) is 14.4. The van der Waals surface area contributed by atoms with Gasteiger partial charge < -0.3 is 14.8 Å². The first-order valence-corrected chi connectivity index (χ1v) is 7.35. The van der Waals surface area contributed by atoms with Crippen molar-refractivity contribution < 1.29 is 13.9 Å². The Labute approximate surface area is 120 Å². The summed E-state index contributed by atoms with van der Waals surface area (Å²) in [7, 11) is 1.48. The molecule has 1 aliphatic carbocycles. The molecule has 4 heteroatoms. The Hall–Kier alpha value is -1.13. The first-order chi connectivity index (χ1) is 9.70. The van der Waals surface area contributed by atoms with Gasteiger partial charge in [0.1, 0.15) is 0 Å². The van der Waals surface area contributed by atoms with Crippen molar-refractivity contribution in [3.05, 3.63) is 29.6 Å². The molecular formula is C16H24FNO2. The van der Waals surface area contributed by atoms with E-state index in [9.17, 15) is 4.39 Å². The first-order valence-electron chi connectivity index (χ1n) is 7.35. The van der Waals surface area contributed by atoms with Crippen molar-refractivity contribution in [2.45, 2.75) is 32.2 Å². The third-order valence-corrected chi connectivity index (χ3v) is 3.64. The van der Waals surface area contributed by atoms with Gasteiger partial charge in [-0.05, 0) is 56.3 Å². The van der Waals surface area contributed by atoms with Gasteiger partial charge in [-0.1, -0.05) is 6.07 Å². The average Bonchev–Trinajstić information content (AvgIpc) is 3.27. The van der Waals surface area contributed by atoms with Gasteiger partial charge in [-0.3, -0.25) is 0 Å². The molecule has 1 aromatic carbocycles. The molecular weight excluding hydrogens is 257 g/mol. The SMILES string of the molecule is COc1cc(C(C)NCCCOCC2CC2)ccc1F. The Morgan fingerprint density at radius 1 is 1.40 bits per heavy atom. The number of halogens is 1. The normalized spacial score (nSPS) is 16.1. The van der Waals surface area contributed by atoms with Crippen LogP contribution in [0.4, 0.5) is 4.39 Å². The van der Waals surface area contributed by atoms with Gasteiger partial charge in [-0.25, -0.2) is 4.39 Å². The quantitative estimate of drug-likeness (QED) is 0.704. The van der Waals surface area contributed by atoms with Crippen LogP contribution in [-0.2, 0) is 4.74 Å². The molecule has 1 saturated carbocycles. The molecule has 20 heavy (non-hydrogen) atoms. The lowest BCUT2D eigenvalue weighted by molar-refractivity contribution is 0.121. The summed E-state index contributed by atoms with van der Waals surface area (Å²) in [5, 5.41) is 3.42. The van der Waals surface area contributed by atoms with Crippen LogP contribution < -0.4 is 10.1 Å². The minimum absolute atomic E-state index is 0.174. The van der Waals surface area contributed by atoms with Crippen molar-refractivity contribution in [1.82, 2.24) is 5.32 Å². The fraction of sp³-hybridized carbons (Fsp3) is 0.625. The summed E-state index contributed by atoms with van der Waals surface area (Å²) < 4.78 is 23.9. The molecule has 0 bridgehead atoms. The van der Waals surface area contributed by atoms with Gasteiger partial charge in [0.15, 0.2) is 11.6 Å². The molecule has 0 heterocycles. The first kappa shape index (κ1) is 15.3. The lowest BCUT2D eigenvalue weighted by Crippen LogP contribution is -2.21. The molecule has 1 N–H and O–H groups in total. The van der Waals surface area contributed by atoms with E-state index < -0.39 is 0 Å². The van der Waals surface area contributed by atoms with Crippen molar-refractivity contribution in [3.63, 3.8) is 0 Å². The number of ether oxygens (including phenoxy) is 2. The number of nitrogens with one attached hydrogen (secondary N) is 1. The highest BCUT2D eigenvalue weighted by Gasteiger charge is 2.20. The van der Waals surface area contributed by atoms with Gasteiger partial charge in [0.25, 0.3) is 0 Å². The molecule has 0 amide bonds. The van der Waals surface area contributed by atoms with Crippen LogP contribution in [0.1, 0.15) is 37.8 Å². The van der Waals surface area contributed by atoms with Crippen molar-refractivity contribution >= 4 is 0 Å². The summed E-state index contributed by atoms with van der Waals surface area (Å²) in [5.74, 6) is 0.800. The second-order valence-corrected chi connectivity index (χ2v) is 5.44. The molecule has 112 valence electrons. The predicted octanol–water partition coefficient (Wildman–Crippen LogP) is 3.30. The number of hydrogen-bond acceptors (Lipinski definition) is 3. The second-order valence-electron chi connectivity index (χ2n) is 5.44. The minimum atomic E-state index is -0.322. The van der Waals surface area contributed by atoms with E-state index in [2.05, 4.69) is 12.2 Å². The van der Waals surface area contributed by atoms with Crippen LogP contribution in [0.5, 0.6) is 5.75 Å². The molecule has 0 aromatic heterocycles. The average molecular weight is 281 g/mol. The van der Waals surface area contributed by atoms with Crippen molar-refractivity contribution in [2.75, 3.05) is 26.9 Å². The highest BCUT2D eigenvalue weighted by atomic mass is 19.1. The number of rotatable bonds is 9. The number of hydrogen-bond donors (Lipinski definition) is 1. The lowest BCUT2D eigenvalue weighted by Gasteiger charge is -2.15. The van der Waals surface area contributed by atoms with Crippen LogP contribution in [0.2, 0.25) is 0 Å².